The first kappa shape index (κ1) is 26.3. The maximum absolute atomic E-state index is 13.9. The molecule has 0 aromatic heterocycles. The van der Waals surface area contributed by atoms with Crippen LogP contribution in [0.3, 0.4) is 0 Å². The van der Waals surface area contributed by atoms with Gasteiger partial charge in [0.15, 0.2) is 0 Å². The van der Waals surface area contributed by atoms with Crippen LogP contribution in [0.2, 0.25) is 0 Å². The zero-order valence-electron chi connectivity index (χ0n) is 16.3. The zero-order chi connectivity index (χ0) is 23.6. The van der Waals surface area contributed by atoms with Gasteiger partial charge in [-0.1, -0.05) is 24.1 Å². The maximum atomic E-state index is 13.9. The van der Waals surface area contributed by atoms with Gasteiger partial charge < -0.3 is 4.31 Å². The van der Waals surface area contributed by atoms with Crippen molar-refractivity contribution in [1.82, 2.24) is 10.9 Å². The number of hydrazine groups is 1. The van der Waals surface area contributed by atoms with E-state index < -0.39 is 29.9 Å². The first-order valence-electron chi connectivity index (χ1n) is 8.50. The van der Waals surface area contributed by atoms with Gasteiger partial charge in [-0.3, -0.25) is 15.0 Å². The highest BCUT2D eigenvalue weighted by atomic mass is 32.2. The quantitative estimate of drug-likeness (QED) is 0.273. The molecule has 12 heteroatoms. The van der Waals surface area contributed by atoms with Crippen molar-refractivity contribution in [3.63, 3.8) is 0 Å². The molecule has 5 nitrogen and oxygen atoms in total. The third-order valence-corrected chi connectivity index (χ3v) is 4.46. The van der Waals surface area contributed by atoms with Gasteiger partial charge in [0.25, 0.3) is 0 Å². The summed E-state index contributed by atoms with van der Waals surface area (Å²) < 4.78 is 75.6. The van der Waals surface area contributed by atoms with Gasteiger partial charge in [0.1, 0.15) is 12.1 Å². The lowest BCUT2D eigenvalue weighted by Crippen LogP contribution is -2.38. The highest BCUT2D eigenvalue weighted by Crippen LogP contribution is 2.32. The van der Waals surface area contributed by atoms with E-state index in [1.54, 1.807) is 16.0 Å². The predicted octanol–water partition coefficient (Wildman–Crippen LogP) is 4.44. The van der Waals surface area contributed by atoms with Crippen molar-refractivity contribution < 1.29 is 35.9 Å². The topological polar surface area (TPSA) is 61.4 Å². The molecule has 31 heavy (non-hydrogen) atoms. The first-order valence-corrected chi connectivity index (χ1v) is 9.68. The van der Waals surface area contributed by atoms with Crippen LogP contribution in [0.5, 0.6) is 0 Å². The minimum absolute atomic E-state index is 0.164. The number of halogens is 6. The summed E-state index contributed by atoms with van der Waals surface area (Å²) in [6, 6.07) is 8.79. The van der Waals surface area contributed by atoms with Gasteiger partial charge in [0, 0.05) is 30.1 Å². The van der Waals surface area contributed by atoms with Crippen molar-refractivity contribution in [2.45, 2.75) is 19.1 Å². The molecular weight excluding hydrogens is 448 g/mol. The fraction of sp³-hybridized carbons (Fsp3) is 0.263. The predicted molar refractivity (Wildman–Crippen MR) is 106 cm³/mol. The van der Waals surface area contributed by atoms with E-state index >= 15 is 0 Å². The van der Waals surface area contributed by atoms with E-state index in [9.17, 15) is 35.9 Å². The summed E-state index contributed by atoms with van der Waals surface area (Å²) in [7, 11) is 1.33. The van der Waals surface area contributed by atoms with Gasteiger partial charge in [-0.25, -0.2) is 9.82 Å². The fourth-order valence-electron chi connectivity index (χ4n) is 2.18. The van der Waals surface area contributed by atoms with Crippen molar-refractivity contribution in [2.75, 3.05) is 17.6 Å². The van der Waals surface area contributed by atoms with E-state index in [0.29, 0.717) is 17.5 Å². The van der Waals surface area contributed by atoms with Crippen molar-refractivity contribution in [1.29, 1.82) is 0 Å². The van der Waals surface area contributed by atoms with Gasteiger partial charge in [0.2, 0.25) is 0 Å². The number of anilines is 1. The molecule has 0 atom stereocenters. The van der Waals surface area contributed by atoms with Crippen molar-refractivity contribution >= 4 is 29.8 Å². The van der Waals surface area contributed by atoms with E-state index in [1.807, 2.05) is 0 Å². The molecular formula is C19H19F6N3O2S. The molecule has 2 aromatic rings. The molecule has 2 aromatic carbocycles. The Kier molecular flexibility index (Phi) is 10.4. The van der Waals surface area contributed by atoms with Crippen LogP contribution in [0.25, 0.3) is 0 Å². The summed E-state index contributed by atoms with van der Waals surface area (Å²) in [6.07, 6.45) is -5.04. The number of carbonyl (C=O) groups is 2. The Bertz CT molecular complexity index is 863. The third-order valence-electron chi connectivity index (χ3n) is 3.68. The van der Waals surface area contributed by atoms with Crippen molar-refractivity contribution in [3.8, 4) is 0 Å². The Balaban J connectivity index is 0.000000512. The molecule has 0 aliphatic heterocycles. The van der Waals surface area contributed by atoms with Crippen LogP contribution in [-0.2, 0) is 17.5 Å². The smallest absolute Gasteiger partial charge is 0.312 e. The number of hydrogen-bond acceptors (Lipinski definition) is 5. The number of aldehydes is 1. The Morgan fingerprint density at radius 3 is 2.16 bits per heavy atom. The van der Waals surface area contributed by atoms with Crippen LogP contribution >= 0.6 is 11.9 Å². The van der Waals surface area contributed by atoms with Crippen LogP contribution in [0.4, 0.5) is 32.0 Å². The van der Waals surface area contributed by atoms with E-state index in [2.05, 4.69) is 5.43 Å². The number of alkyl halides is 5. The molecule has 0 radical (unpaired) electrons. The standard InChI is InChI=1S/C16H13F4NOS.C3H6F2N2O/c1-23-21(9-12-3-2-11(10-22)8-15(12)17)14-6-4-13(5-7-14)16(18,19)20;1-6-7-3(8)2(4)5/h2-8,10H,9H2,1H3;2,6H,1H3,(H,7,8). The second-order valence-corrected chi connectivity index (χ2v) is 6.58. The molecule has 0 aliphatic carbocycles. The van der Waals surface area contributed by atoms with Crippen LogP contribution in [-0.4, -0.2) is 31.9 Å². The van der Waals surface area contributed by atoms with Gasteiger partial charge in [0.05, 0.1) is 12.1 Å². The molecule has 0 aliphatic rings. The number of rotatable bonds is 7. The molecule has 1 amide bonds. The first-order chi connectivity index (χ1) is 14.5. The van der Waals surface area contributed by atoms with Gasteiger partial charge in [-0.2, -0.15) is 22.0 Å². The van der Waals surface area contributed by atoms with Crippen LogP contribution in [0.15, 0.2) is 42.5 Å². The summed E-state index contributed by atoms with van der Waals surface area (Å²) in [5.74, 6) is -1.84. The summed E-state index contributed by atoms with van der Waals surface area (Å²) in [5.41, 5.74) is 4.16. The SMILES string of the molecule is CNNC(=O)C(F)F.CSN(Cc1ccc(C=O)cc1F)c1ccc(C(F)(F)F)cc1. The molecule has 0 saturated heterocycles. The second kappa shape index (κ2) is 12.2. The highest BCUT2D eigenvalue weighted by Gasteiger charge is 2.30. The molecule has 0 unspecified atom stereocenters. The van der Waals surface area contributed by atoms with E-state index in [0.717, 1.165) is 18.2 Å². The average Bonchev–Trinajstić information content (AvgIpc) is 2.73. The number of carbonyl (C=O) groups excluding carboxylic acids is 2. The largest absolute Gasteiger partial charge is 0.416 e. The number of nitrogens with one attached hydrogen (secondary N) is 2. The molecule has 0 saturated carbocycles. The minimum Gasteiger partial charge on any atom is -0.312 e. The van der Waals surface area contributed by atoms with Crippen molar-refractivity contribution in [2.24, 2.45) is 0 Å². The minimum atomic E-state index is -4.39. The molecule has 0 spiro atoms. The number of amides is 1. The Labute approximate surface area is 178 Å². The Morgan fingerprint density at radius 2 is 1.77 bits per heavy atom. The lowest BCUT2D eigenvalue weighted by atomic mass is 10.1. The normalized spacial score (nSPS) is 10.9. The summed E-state index contributed by atoms with van der Waals surface area (Å²) >= 11 is 1.27. The Morgan fingerprint density at radius 1 is 1.16 bits per heavy atom. The zero-order valence-corrected chi connectivity index (χ0v) is 17.2. The van der Waals surface area contributed by atoms with Crippen LogP contribution < -0.4 is 15.2 Å². The van der Waals surface area contributed by atoms with Crippen LogP contribution in [0.1, 0.15) is 21.5 Å². The number of hydrogen-bond donors (Lipinski definition) is 2. The summed E-state index contributed by atoms with van der Waals surface area (Å²) in [4.78, 5) is 20.4. The molecule has 170 valence electrons. The average molecular weight is 467 g/mol. The van der Waals surface area contributed by atoms with Crippen LogP contribution in [0, 0.1) is 5.82 Å². The van der Waals surface area contributed by atoms with Gasteiger partial charge in [-0.15, -0.1) is 0 Å². The second-order valence-electron chi connectivity index (χ2n) is 5.77. The number of benzene rings is 2. The molecule has 0 bridgehead atoms. The van der Waals surface area contributed by atoms with E-state index in [4.69, 9.17) is 0 Å². The summed E-state index contributed by atoms with van der Waals surface area (Å²) in [5, 5.41) is 0. The molecule has 2 N–H and O–H groups in total. The molecule has 0 heterocycles. The Hall–Kier alpha value is -2.73. The fourth-order valence-corrected chi connectivity index (χ4v) is 2.78. The molecule has 0 fully saturated rings. The molecule has 2 rings (SSSR count). The van der Waals surface area contributed by atoms with E-state index in [-0.39, 0.29) is 12.1 Å². The third kappa shape index (κ3) is 8.50. The van der Waals surface area contributed by atoms with E-state index in [1.165, 1.54) is 43.3 Å². The lowest BCUT2D eigenvalue weighted by Gasteiger charge is -2.22. The van der Waals surface area contributed by atoms with Gasteiger partial charge in [-0.05, 0) is 30.3 Å². The maximum Gasteiger partial charge on any atom is 0.416 e. The monoisotopic (exact) mass is 467 g/mol. The van der Waals surface area contributed by atoms with Crippen molar-refractivity contribution in [3.05, 3.63) is 65.0 Å². The summed E-state index contributed by atoms with van der Waals surface area (Å²) in [6.45, 7) is 0.164. The number of nitrogens with zero attached hydrogens (tertiary/aromatic N) is 1. The highest BCUT2D eigenvalue weighted by molar-refractivity contribution is 7.99. The lowest BCUT2D eigenvalue weighted by molar-refractivity contribution is -0.137. The van der Waals surface area contributed by atoms with Gasteiger partial charge >= 0.3 is 18.5 Å².